The number of furan rings is 1. The largest absolute Gasteiger partial charge is 0.496 e. The third-order valence-corrected chi connectivity index (χ3v) is 5.90. The number of ether oxygens (including phenoxy) is 1. The van der Waals surface area contributed by atoms with E-state index in [9.17, 15) is 4.79 Å². The number of rotatable bonds is 6. The number of hydrogen-bond acceptors (Lipinski definition) is 4. The highest BCUT2D eigenvalue weighted by Gasteiger charge is 2.15. The van der Waals surface area contributed by atoms with Crippen LogP contribution in [0.1, 0.15) is 18.2 Å². The van der Waals surface area contributed by atoms with Gasteiger partial charge in [0.2, 0.25) is 5.91 Å². The Kier molecular flexibility index (Phi) is 5.83. The van der Waals surface area contributed by atoms with Crippen LogP contribution in [-0.4, -0.2) is 18.0 Å². The first-order valence-electron chi connectivity index (χ1n) is 11.1. The lowest BCUT2D eigenvalue weighted by Gasteiger charge is -2.10. The zero-order valence-corrected chi connectivity index (χ0v) is 19.0. The van der Waals surface area contributed by atoms with Crippen molar-refractivity contribution in [1.82, 2.24) is 10.3 Å². The van der Waals surface area contributed by atoms with Gasteiger partial charge in [-0.1, -0.05) is 42.5 Å². The topological polar surface area (TPSA) is 64.4 Å². The van der Waals surface area contributed by atoms with Crippen LogP contribution in [0.3, 0.4) is 0 Å². The Hall–Kier alpha value is -4.38. The summed E-state index contributed by atoms with van der Waals surface area (Å²) < 4.78 is 11.5. The van der Waals surface area contributed by atoms with Crippen molar-refractivity contribution in [3.05, 3.63) is 103 Å². The molecular weight excluding hydrogens is 424 g/mol. The maximum Gasteiger partial charge on any atom is 0.244 e. The molecule has 1 amide bonds. The van der Waals surface area contributed by atoms with E-state index in [-0.39, 0.29) is 5.91 Å². The van der Waals surface area contributed by atoms with E-state index < -0.39 is 0 Å². The summed E-state index contributed by atoms with van der Waals surface area (Å²) in [6.07, 6.45) is 5.07. The Labute approximate surface area is 197 Å². The average molecular weight is 449 g/mol. The molecule has 0 aliphatic rings. The number of hydrogen-bond donors (Lipinski definition) is 1. The van der Waals surface area contributed by atoms with Gasteiger partial charge >= 0.3 is 0 Å². The molecule has 5 aromatic rings. The van der Waals surface area contributed by atoms with E-state index in [1.54, 1.807) is 25.6 Å². The Balaban J connectivity index is 1.49. The highest BCUT2D eigenvalue weighted by atomic mass is 16.5. The third-order valence-electron chi connectivity index (χ3n) is 5.90. The van der Waals surface area contributed by atoms with Crippen LogP contribution >= 0.6 is 0 Å². The second kappa shape index (κ2) is 9.24. The summed E-state index contributed by atoms with van der Waals surface area (Å²) in [7, 11) is 1.62. The predicted molar refractivity (Wildman–Crippen MR) is 135 cm³/mol. The maximum absolute atomic E-state index is 12.6. The van der Waals surface area contributed by atoms with Crippen molar-refractivity contribution in [2.24, 2.45) is 0 Å². The molecule has 168 valence electrons. The second-order valence-electron chi connectivity index (χ2n) is 8.13. The number of pyridine rings is 1. The van der Waals surface area contributed by atoms with Gasteiger partial charge in [0.05, 0.1) is 25.6 Å². The summed E-state index contributed by atoms with van der Waals surface area (Å²) in [5, 5.41) is 6.21. The maximum atomic E-state index is 12.6. The fraction of sp³-hybridized carbons (Fsp3) is 0.103. The van der Waals surface area contributed by atoms with E-state index >= 15 is 0 Å². The minimum Gasteiger partial charge on any atom is -0.496 e. The number of aromatic nitrogens is 1. The highest BCUT2D eigenvalue weighted by Crippen LogP contribution is 2.38. The molecule has 0 radical (unpaired) electrons. The molecule has 0 aliphatic heterocycles. The van der Waals surface area contributed by atoms with Crippen LogP contribution in [0, 0.1) is 0 Å². The molecule has 0 bridgehead atoms. The Morgan fingerprint density at radius 1 is 1.03 bits per heavy atom. The SMILES string of the molecule is COc1cc2occ(-c3ccc4ccccc4c3)c2cc1/C(C)=C/C(=O)NCc1ccccn1. The van der Waals surface area contributed by atoms with Gasteiger partial charge in [-0.15, -0.1) is 0 Å². The van der Waals surface area contributed by atoms with Crippen molar-refractivity contribution in [2.45, 2.75) is 13.5 Å². The summed E-state index contributed by atoms with van der Waals surface area (Å²) in [6.45, 7) is 2.27. The first kappa shape index (κ1) is 21.5. The van der Waals surface area contributed by atoms with Crippen molar-refractivity contribution >= 4 is 33.2 Å². The van der Waals surface area contributed by atoms with Crippen LogP contribution in [0.5, 0.6) is 5.75 Å². The van der Waals surface area contributed by atoms with E-state index in [0.717, 1.165) is 38.9 Å². The molecule has 2 heterocycles. The summed E-state index contributed by atoms with van der Waals surface area (Å²) in [5.41, 5.74) is 5.24. The van der Waals surface area contributed by atoms with E-state index in [0.29, 0.717) is 12.3 Å². The van der Waals surface area contributed by atoms with Gasteiger partial charge in [-0.05, 0) is 53.1 Å². The van der Waals surface area contributed by atoms with Crippen LogP contribution < -0.4 is 10.1 Å². The number of allylic oxidation sites excluding steroid dienone is 1. The first-order chi connectivity index (χ1) is 16.6. The molecule has 0 fully saturated rings. The second-order valence-corrected chi connectivity index (χ2v) is 8.13. The zero-order valence-electron chi connectivity index (χ0n) is 19.0. The smallest absolute Gasteiger partial charge is 0.244 e. The third kappa shape index (κ3) is 4.28. The van der Waals surface area contributed by atoms with Crippen molar-refractivity contribution in [1.29, 1.82) is 0 Å². The number of benzene rings is 3. The number of carbonyl (C=O) groups is 1. The fourth-order valence-electron chi connectivity index (χ4n) is 4.12. The lowest BCUT2D eigenvalue weighted by atomic mass is 9.97. The summed E-state index contributed by atoms with van der Waals surface area (Å²) >= 11 is 0. The molecule has 3 aromatic carbocycles. The van der Waals surface area contributed by atoms with Crippen molar-refractivity contribution in [2.75, 3.05) is 7.11 Å². The molecule has 1 N–H and O–H groups in total. The molecule has 0 atom stereocenters. The van der Waals surface area contributed by atoms with Gasteiger partial charge in [-0.25, -0.2) is 0 Å². The summed E-state index contributed by atoms with van der Waals surface area (Å²) in [6, 6.07) is 24.2. The zero-order chi connectivity index (χ0) is 23.5. The molecule has 0 saturated carbocycles. The molecule has 0 saturated heterocycles. The fourth-order valence-corrected chi connectivity index (χ4v) is 4.12. The van der Waals surface area contributed by atoms with Gasteiger partial charge in [-0.3, -0.25) is 9.78 Å². The van der Waals surface area contributed by atoms with E-state index in [1.807, 2.05) is 49.4 Å². The van der Waals surface area contributed by atoms with E-state index in [2.05, 4.69) is 40.6 Å². The minimum atomic E-state index is -0.188. The Morgan fingerprint density at radius 3 is 2.65 bits per heavy atom. The van der Waals surface area contributed by atoms with Crippen LogP contribution in [0.15, 0.2) is 95.7 Å². The van der Waals surface area contributed by atoms with Gasteiger partial charge in [0.25, 0.3) is 0 Å². The predicted octanol–water partition coefficient (Wildman–Crippen LogP) is 6.38. The molecule has 2 aromatic heterocycles. The number of nitrogens with zero attached hydrogens (tertiary/aromatic N) is 1. The molecule has 5 nitrogen and oxygen atoms in total. The number of nitrogens with one attached hydrogen (secondary N) is 1. The first-order valence-corrected chi connectivity index (χ1v) is 11.1. The number of amides is 1. The number of carbonyl (C=O) groups excluding carboxylic acids is 1. The summed E-state index contributed by atoms with van der Waals surface area (Å²) in [4.78, 5) is 16.8. The minimum absolute atomic E-state index is 0.188. The average Bonchev–Trinajstić information content (AvgIpc) is 3.30. The van der Waals surface area contributed by atoms with Crippen molar-refractivity contribution in [3.8, 4) is 16.9 Å². The molecule has 34 heavy (non-hydrogen) atoms. The summed E-state index contributed by atoms with van der Waals surface area (Å²) in [5.74, 6) is 0.463. The Bertz CT molecular complexity index is 1520. The molecule has 5 rings (SSSR count). The van der Waals surface area contributed by atoms with Gasteiger partial charge < -0.3 is 14.5 Å². The van der Waals surface area contributed by atoms with Gasteiger partial charge in [0, 0.05) is 34.9 Å². The van der Waals surface area contributed by atoms with Crippen LogP contribution in [-0.2, 0) is 11.3 Å². The highest BCUT2D eigenvalue weighted by molar-refractivity contribution is 6.01. The molecule has 5 heteroatoms. The number of methoxy groups -OCH3 is 1. The van der Waals surface area contributed by atoms with E-state index in [1.165, 1.54) is 10.8 Å². The van der Waals surface area contributed by atoms with Crippen molar-refractivity contribution < 1.29 is 13.9 Å². The van der Waals surface area contributed by atoms with Gasteiger partial charge in [-0.2, -0.15) is 0 Å². The van der Waals surface area contributed by atoms with Crippen LogP contribution in [0.4, 0.5) is 0 Å². The monoisotopic (exact) mass is 448 g/mol. The van der Waals surface area contributed by atoms with Crippen LogP contribution in [0.2, 0.25) is 0 Å². The number of fused-ring (bicyclic) bond motifs is 2. The van der Waals surface area contributed by atoms with Crippen molar-refractivity contribution in [3.63, 3.8) is 0 Å². The lowest BCUT2D eigenvalue weighted by molar-refractivity contribution is -0.116. The Morgan fingerprint density at radius 2 is 1.85 bits per heavy atom. The molecule has 0 unspecified atom stereocenters. The van der Waals surface area contributed by atoms with Gasteiger partial charge in [0.1, 0.15) is 11.3 Å². The lowest BCUT2D eigenvalue weighted by Crippen LogP contribution is -2.21. The van der Waals surface area contributed by atoms with Gasteiger partial charge in [0.15, 0.2) is 0 Å². The molecular formula is C29H24N2O3. The van der Waals surface area contributed by atoms with E-state index in [4.69, 9.17) is 9.15 Å². The standard InChI is InChI=1S/C29H24N2O3/c1-19(13-29(32)31-17-23-9-5-6-12-30-23)24-15-25-26(18-34-28(25)16-27(24)33-2)22-11-10-20-7-3-4-8-21(20)14-22/h3-16,18H,17H2,1-2H3,(H,31,32)/b19-13+. The molecule has 0 spiro atoms. The van der Waals surface area contributed by atoms with Crippen LogP contribution in [0.25, 0.3) is 38.4 Å². The quantitative estimate of drug-likeness (QED) is 0.306. The molecule has 0 aliphatic carbocycles. The normalized spacial score (nSPS) is 11.6.